The topological polar surface area (TPSA) is 85.3 Å². The van der Waals surface area contributed by atoms with Gasteiger partial charge in [0.1, 0.15) is 11.5 Å². The molecule has 0 saturated heterocycles. The molecule has 0 atom stereocenters. The second-order valence-electron chi connectivity index (χ2n) is 7.55. The zero-order valence-electron chi connectivity index (χ0n) is 17.5. The van der Waals surface area contributed by atoms with Gasteiger partial charge in [-0.2, -0.15) is 0 Å². The number of thiazole rings is 1. The van der Waals surface area contributed by atoms with E-state index < -0.39 is 0 Å². The van der Waals surface area contributed by atoms with Gasteiger partial charge in [0.05, 0.1) is 22.3 Å². The van der Waals surface area contributed by atoms with Gasteiger partial charge in [0.2, 0.25) is 0 Å². The van der Waals surface area contributed by atoms with Gasteiger partial charge in [-0.3, -0.25) is 9.20 Å². The monoisotopic (exact) mass is 451 g/mol. The van der Waals surface area contributed by atoms with Gasteiger partial charge < -0.3 is 9.84 Å². The highest BCUT2D eigenvalue weighted by Gasteiger charge is 2.23. The first-order valence-corrected chi connectivity index (χ1v) is 11.2. The maximum atomic E-state index is 13.7. The van der Waals surface area contributed by atoms with Crippen molar-refractivity contribution in [2.24, 2.45) is 0 Å². The van der Waals surface area contributed by atoms with E-state index >= 15 is 0 Å². The van der Waals surface area contributed by atoms with Crippen LogP contribution in [-0.2, 0) is 0 Å². The summed E-state index contributed by atoms with van der Waals surface area (Å²) in [6.07, 6.45) is 1.90. The normalized spacial score (nSPS) is 11.3. The number of fused-ring (bicyclic) bond motifs is 2. The quantitative estimate of drug-likeness (QED) is 0.365. The number of carbonyl (C=O) groups is 1. The van der Waals surface area contributed by atoms with Crippen LogP contribution in [0.1, 0.15) is 16.1 Å². The van der Waals surface area contributed by atoms with E-state index in [4.69, 9.17) is 9.51 Å². The number of benzene rings is 2. The van der Waals surface area contributed by atoms with Crippen molar-refractivity contribution in [2.45, 2.75) is 6.92 Å². The number of rotatable bonds is 4. The molecule has 0 fully saturated rings. The summed E-state index contributed by atoms with van der Waals surface area (Å²) in [6, 6.07) is 21.3. The predicted molar refractivity (Wildman–Crippen MR) is 128 cm³/mol. The van der Waals surface area contributed by atoms with Crippen LogP contribution in [0.15, 0.2) is 82.8 Å². The summed E-state index contributed by atoms with van der Waals surface area (Å²) in [7, 11) is 0. The first-order chi connectivity index (χ1) is 16.2. The summed E-state index contributed by atoms with van der Waals surface area (Å²) >= 11 is 1.51. The lowest BCUT2D eigenvalue weighted by Crippen LogP contribution is -2.15. The van der Waals surface area contributed by atoms with Crippen LogP contribution in [-0.4, -0.2) is 25.4 Å². The van der Waals surface area contributed by atoms with Gasteiger partial charge in [-0.1, -0.05) is 65.8 Å². The average Bonchev–Trinajstić information content (AvgIpc) is 3.56. The molecule has 0 aliphatic carbocycles. The number of aromatic nitrogens is 4. The highest BCUT2D eigenvalue weighted by Crippen LogP contribution is 2.32. The van der Waals surface area contributed by atoms with E-state index in [0.29, 0.717) is 39.6 Å². The largest absolute Gasteiger partial charge is 0.335 e. The molecule has 0 saturated carbocycles. The first-order valence-electron chi connectivity index (χ1n) is 10.3. The Morgan fingerprint density at radius 1 is 1.00 bits per heavy atom. The van der Waals surface area contributed by atoms with Crippen LogP contribution in [0.4, 0.5) is 5.82 Å². The molecule has 6 rings (SSSR count). The third-order valence-corrected chi connectivity index (χ3v) is 6.23. The molecule has 0 aliphatic heterocycles. The van der Waals surface area contributed by atoms with Crippen molar-refractivity contribution in [1.29, 1.82) is 0 Å². The maximum absolute atomic E-state index is 13.7. The minimum Gasteiger partial charge on any atom is -0.335 e. The molecule has 4 aromatic heterocycles. The van der Waals surface area contributed by atoms with Gasteiger partial charge in [0.25, 0.3) is 11.6 Å². The van der Waals surface area contributed by atoms with E-state index in [-0.39, 0.29) is 5.91 Å². The smallest absolute Gasteiger partial charge is 0.259 e. The lowest BCUT2D eigenvalue weighted by Gasteiger charge is -2.09. The fourth-order valence-corrected chi connectivity index (χ4v) is 4.62. The van der Waals surface area contributed by atoms with Gasteiger partial charge >= 0.3 is 0 Å². The summed E-state index contributed by atoms with van der Waals surface area (Å²) in [5, 5.41) is 9.67. The number of anilines is 1. The summed E-state index contributed by atoms with van der Waals surface area (Å²) < 4.78 is 7.32. The Bertz CT molecular complexity index is 1620. The fourth-order valence-electron chi connectivity index (χ4n) is 3.91. The predicted octanol–water partition coefficient (Wildman–Crippen LogP) is 5.83. The third-order valence-electron chi connectivity index (χ3n) is 5.47. The molecule has 1 amide bonds. The third kappa shape index (κ3) is 3.28. The Kier molecular flexibility index (Phi) is 4.51. The molecule has 0 radical (unpaired) electrons. The van der Waals surface area contributed by atoms with Crippen LogP contribution in [0.5, 0.6) is 0 Å². The molecule has 8 heteroatoms. The molecule has 7 nitrogen and oxygen atoms in total. The molecule has 0 bridgehead atoms. The number of imidazole rings is 1. The van der Waals surface area contributed by atoms with E-state index in [1.807, 2.05) is 76.6 Å². The molecule has 1 N–H and O–H groups in total. The van der Waals surface area contributed by atoms with Crippen LogP contribution in [0.25, 0.3) is 38.6 Å². The Labute approximate surface area is 192 Å². The fraction of sp³-hybridized carbons (Fsp3) is 0.0400. The summed E-state index contributed by atoms with van der Waals surface area (Å²) in [5.74, 6) is 0.332. The second-order valence-corrected chi connectivity index (χ2v) is 8.43. The van der Waals surface area contributed by atoms with Crippen LogP contribution in [0.2, 0.25) is 0 Å². The summed E-state index contributed by atoms with van der Waals surface area (Å²) in [5.41, 5.74) is 4.55. The first kappa shape index (κ1) is 19.4. The number of hydrogen-bond acceptors (Lipinski definition) is 6. The van der Waals surface area contributed by atoms with Crippen LogP contribution < -0.4 is 5.32 Å². The molecule has 4 heterocycles. The van der Waals surface area contributed by atoms with E-state index in [1.165, 1.54) is 11.3 Å². The summed E-state index contributed by atoms with van der Waals surface area (Å²) in [4.78, 5) is 23.8. The summed E-state index contributed by atoms with van der Waals surface area (Å²) in [6.45, 7) is 1.80. The minimum absolute atomic E-state index is 0.281. The van der Waals surface area contributed by atoms with Crippen molar-refractivity contribution in [1.82, 2.24) is 19.5 Å². The molecule has 6 aromatic rings. The second kappa shape index (κ2) is 7.68. The van der Waals surface area contributed by atoms with Crippen LogP contribution >= 0.6 is 11.3 Å². The Hall–Kier alpha value is -4.30. The van der Waals surface area contributed by atoms with Gasteiger partial charge in [-0.25, -0.2) is 9.97 Å². The van der Waals surface area contributed by atoms with Gasteiger partial charge in [0.15, 0.2) is 4.96 Å². The molecule has 33 heavy (non-hydrogen) atoms. The molecule has 0 spiro atoms. The van der Waals surface area contributed by atoms with Gasteiger partial charge in [-0.05, 0) is 13.0 Å². The van der Waals surface area contributed by atoms with E-state index in [0.717, 1.165) is 16.1 Å². The number of carbonyl (C=O) groups excluding carboxylic acids is 1. The maximum Gasteiger partial charge on any atom is 0.259 e. The number of amides is 1. The van der Waals surface area contributed by atoms with Crippen molar-refractivity contribution in [3.05, 3.63) is 89.6 Å². The molecular weight excluding hydrogens is 434 g/mol. The van der Waals surface area contributed by atoms with E-state index in [2.05, 4.69) is 15.5 Å². The lowest BCUT2D eigenvalue weighted by molar-refractivity contribution is 0.102. The van der Waals surface area contributed by atoms with Crippen molar-refractivity contribution in [3.63, 3.8) is 0 Å². The van der Waals surface area contributed by atoms with Crippen molar-refractivity contribution in [3.8, 4) is 22.5 Å². The Morgan fingerprint density at radius 3 is 2.48 bits per heavy atom. The number of nitrogens with one attached hydrogen (secondary N) is 1. The molecule has 0 unspecified atom stereocenters. The number of hydrogen-bond donors (Lipinski definition) is 1. The SMILES string of the molecule is Cc1noc2nc(-c3ccccc3)cc(C(=O)Nc3c(-c4ccccc4)nc4sccn34)c12. The Morgan fingerprint density at radius 2 is 1.73 bits per heavy atom. The van der Waals surface area contributed by atoms with Crippen LogP contribution in [0, 0.1) is 6.92 Å². The average molecular weight is 452 g/mol. The Balaban J connectivity index is 1.49. The van der Waals surface area contributed by atoms with Gasteiger partial charge in [0, 0.05) is 22.7 Å². The minimum atomic E-state index is -0.281. The lowest BCUT2D eigenvalue weighted by atomic mass is 10.0. The van der Waals surface area contributed by atoms with Gasteiger partial charge in [-0.15, -0.1) is 11.3 Å². The van der Waals surface area contributed by atoms with E-state index in [9.17, 15) is 4.79 Å². The zero-order chi connectivity index (χ0) is 22.4. The van der Waals surface area contributed by atoms with Crippen molar-refractivity contribution >= 4 is 39.1 Å². The molecule has 160 valence electrons. The molecule has 2 aromatic carbocycles. The van der Waals surface area contributed by atoms with E-state index in [1.54, 1.807) is 13.0 Å². The number of pyridine rings is 1. The van der Waals surface area contributed by atoms with Crippen LogP contribution in [0.3, 0.4) is 0 Å². The molecular formula is C25H17N5O2S. The standard InChI is InChI=1S/C25H17N5O2S/c1-15-20-18(14-19(26-24(20)32-29-15)16-8-4-2-5-9-16)23(31)28-22-21(17-10-6-3-7-11-17)27-25-30(22)12-13-33-25/h2-14H,1H3,(H,28,31). The number of nitrogens with zero attached hydrogens (tertiary/aromatic N) is 4. The zero-order valence-corrected chi connectivity index (χ0v) is 18.3. The van der Waals surface area contributed by atoms with Crippen molar-refractivity contribution in [2.75, 3.05) is 5.32 Å². The van der Waals surface area contributed by atoms with Crippen molar-refractivity contribution < 1.29 is 9.32 Å². The molecule has 0 aliphatic rings. The highest BCUT2D eigenvalue weighted by atomic mass is 32.1. The number of aryl methyl sites for hydroxylation is 1. The highest BCUT2D eigenvalue weighted by molar-refractivity contribution is 7.15.